The van der Waals surface area contributed by atoms with Crippen molar-refractivity contribution in [2.75, 3.05) is 0 Å². The smallest absolute Gasteiger partial charge is 0.280 e. The van der Waals surface area contributed by atoms with Crippen LogP contribution in [0.2, 0.25) is 5.02 Å². The van der Waals surface area contributed by atoms with E-state index in [1.807, 2.05) is 13.0 Å². The van der Waals surface area contributed by atoms with Crippen molar-refractivity contribution >= 4 is 17.2 Å². The highest BCUT2D eigenvalue weighted by Gasteiger charge is 2.13. The lowest BCUT2D eigenvalue weighted by molar-refractivity contribution is 0.478. The fourth-order valence-electron chi connectivity index (χ4n) is 2.52. The zero-order chi connectivity index (χ0) is 17.4. The van der Waals surface area contributed by atoms with Crippen molar-refractivity contribution in [3.63, 3.8) is 0 Å². The fourth-order valence-corrected chi connectivity index (χ4v) is 2.63. The number of benzene rings is 1. The molecule has 0 aliphatic heterocycles. The molecule has 0 saturated carbocycles. The predicted octanol–water partition coefficient (Wildman–Crippen LogP) is 2.65. The van der Waals surface area contributed by atoms with Gasteiger partial charge in [0.15, 0.2) is 0 Å². The van der Waals surface area contributed by atoms with Gasteiger partial charge in [-0.05, 0) is 43.0 Å². The first kappa shape index (κ1) is 16.5. The minimum Gasteiger partial charge on any atom is -0.280 e. The van der Waals surface area contributed by atoms with Gasteiger partial charge in [0.25, 0.3) is 0 Å². The summed E-state index contributed by atoms with van der Waals surface area (Å²) in [6.45, 7) is 6.53. The summed E-state index contributed by atoms with van der Waals surface area (Å²) >= 11 is 6.04. The molecule has 0 bridgehead atoms. The van der Waals surface area contributed by atoms with Gasteiger partial charge in [-0.25, -0.2) is 13.9 Å². The number of nitrogens with zero attached hydrogens (tertiary/aromatic N) is 4. The summed E-state index contributed by atoms with van der Waals surface area (Å²) in [5, 5.41) is 4.86. The standard InChI is InChI=1S/C17H19ClN4O2/c1-11(2)6-7-22-17(24)21-9-8-20(16(23)15(21)19-22)13-4-5-14(18)12(3)10-13/h4-5,8-11H,6-7H2,1-3H3. The Hall–Kier alpha value is -2.34. The van der Waals surface area contributed by atoms with Crippen molar-refractivity contribution in [1.29, 1.82) is 0 Å². The first-order chi connectivity index (χ1) is 11.4. The van der Waals surface area contributed by atoms with Crippen LogP contribution >= 0.6 is 11.6 Å². The zero-order valence-electron chi connectivity index (χ0n) is 13.9. The average molecular weight is 347 g/mol. The molecule has 0 N–H and O–H groups in total. The molecule has 2 heterocycles. The van der Waals surface area contributed by atoms with E-state index < -0.39 is 0 Å². The van der Waals surface area contributed by atoms with Gasteiger partial charge in [-0.3, -0.25) is 9.36 Å². The van der Waals surface area contributed by atoms with Gasteiger partial charge in [0.2, 0.25) is 5.65 Å². The van der Waals surface area contributed by atoms with E-state index in [0.717, 1.165) is 12.0 Å². The van der Waals surface area contributed by atoms with Gasteiger partial charge < -0.3 is 0 Å². The van der Waals surface area contributed by atoms with Gasteiger partial charge in [0.1, 0.15) is 0 Å². The molecule has 0 saturated heterocycles. The Morgan fingerprint density at radius 1 is 1.21 bits per heavy atom. The lowest BCUT2D eigenvalue weighted by Gasteiger charge is -2.07. The lowest BCUT2D eigenvalue weighted by atomic mass is 10.1. The van der Waals surface area contributed by atoms with Crippen molar-refractivity contribution in [1.82, 2.24) is 18.7 Å². The van der Waals surface area contributed by atoms with Crippen molar-refractivity contribution in [3.8, 4) is 5.69 Å². The first-order valence-corrected chi connectivity index (χ1v) is 8.23. The van der Waals surface area contributed by atoms with Crippen molar-refractivity contribution < 1.29 is 0 Å². The molecule has 0 aliphatic carbocycles. The van der Waals surface area contributed by atoms with Gasteiger partial charge in [-0.1, -0.05) is 25.4 Å². The van der Waals surface area contributed by atoms with Crippen LogP contribution in [0, 0.1) is 12.8 Å². The number of rotatable bonds is 4. The maximum Gasteiger partial charge on any atom is 0.350 e. The predicted molar refractivity (Wildman–Crippen MR) is 94.3 cm³/mol. The highest BCUT2D eigenvalue weighted by molar-refractivity contribution is 6.31. The Morgan fingerprint density at radius 3 is 2.62 bits per heavy atom. The SMILES string of the molecule is Cc1cc(-n2ccn3c(=O)n(CCC(C)C)nc3c2=O)ccc1Cl. The van der Waals surface area contributed by atoms with Crippen molar-refractivity contribution in [2.24, 2.45) is 5.92 Å². The van der Waals surface area contributed by atoms with Gasteiger partial charge in [-0.2, -0.15) is 0 Å². The molecular weight excluding hydrogens is 328 g/mol. The Labute approximate surface area is 143 Å². The molecule has 3 rings (SSSR count). The van der Waals surface area contributed by atoms with E-state index in [2.05, 4.69) is 18.9 Å². The minimum atomic E-state index is -0.334. The number of fused-ring (bicyclic) bond motifs is 1. The summed E-state index contributed by atoms with van der Waals surface area (Å²) in [6.07, 6.45) is 3.98. The first-order valence-electron chi connectivity index (χ1n) is 7.86. The van der Waals surface area contributed by atoms with Crippen LogP contribution in [0.5, 0.6) is 0 Å². The second-order valence-electron chi connectivity index (χ2n) is 6.29. The van der Waals surface area contributed by atoms with Crippen LogP contribution in [-0.2, 0) is 6.54 Å². The fraction of sp³-hybridized carbons (Fsp3) is 0.353. The Bertz CT molecular complexity index is 1010. The maximum atomic E-state index is 12.7. The quantitative estimate of drug-likeness (QED) is 0.729. The number of aromatic nitrogens is 4. The number of hydrogen-bond acceptors (Lipinski definition) is 3. The highest BCUT2D eigenvalue weighted by atomic mass is 35.5. The largest absolute Gasteiger partial charge is 0.350 e. The third-order valence-electron chi connectivity index (χ3n) is 3.98. The van der Waals surface area contributed by atoms with E-state index >= 15 is 0 Å². The van der Waals surface area contributed by atoms with Crippen LogP contribution in [0.1, 0.15) is 25.8 Å². The van der Waals surface area contributed by atoms with Crippen LogP contribution in [0.25, 0.3) is 11.3 Å². The molecule has 1 aromatic carbocycles. The molecule has 0 aliphatic rings. The van der Waals surface area contributed by atoms with E-state index in [1.54, 1.807) is 24.5 Å². The van der Waals surface area contributed by atoms with Crippen LogP contribution in [-0.4, -0.2) is 18.7 Å². The molecule has 0 amide bonds. The van der Waals surface area contributed by atoms with Crippen LogP contribution in [0.4, 0.5) is 0 Å². The molecule has 0 fully saturated rings. The zero-order valence-corrected chi connectivity index (χ0v) is 14.6. The molecule has 2 aromatic heterocycles. The molecule has 0 atom stereocenters. The Morgan fingerprint density at radius 2 is 1.96 bits per heavy atom. The summed E-state index contributed by atoms with van der Waals surface area (Å²) in [5.74, 6) is 0.454. The molecule has 6 nitrogen and oxygen atoms in total. The third kappa shape index (κ3) is 2.89. The molecule has 0 unspecified atom stereocenters. The summed E-state index contributed by atoms with van der Waals surface area (Å²) in [4.78, 5) is 25.1. The van der Waals surface area contributed by atoms with E-state index in [1.165, 1.54) is 13.6 Å². The minimum absolute atomic E-state index is 0.124. The van der Waals surface area contributed by atoms with Crippen molar-refractivity contribution in [3.05, 3.63) is 62.0 Å². The lowest BCUT2D eigenvalue weighted by Crippen LogP contribution is -2.24. The Kier molecular flexibility index (Phi) is 4.32. The Balaban J connectivity index is 2.12. The van der Waals surface area contributed by atoms with E-state index in [-0.39, 0.29) is 16.9 Å². The normalized spacial score (nSPS) is 11.5. The van der Waals surface area contributed by atoms with Gasteiger partial charge in [-0.15, -0.1) is 5.10 Å². The van der Waals surface area contributed by atoms with Gasteiger partial charge in [0, 0.05) is 29.6 Å². The molecule has 0 spiro atoms. The second-order valence-corrected chi connectivity index (χ2v) is 6.70. The summed E-state index contributed by atoms with van der Waals surface area (Å²) in [6, 6.07) is 5.34. The summed E-state index contributed by atoms with van der Waals surface area (Å²) in [5.41, 5.74) is 1.06. The molecule has 126 valence electrons. The molecular formula is C17H19ClN4O2. The average Bonchev–Trinajstić information content (AvgIpc) is 2.86. The number of halogens is 1. The molecule has 0 radical (unpaired) electrons. The maximum absolute atomic E-state index is 12.7. The highest BCUT2D eigenvalue weighted by Crippen LogP contribution is 2.18. The van der Waals surface area contributed by atoms with E-state index in [4.69, 9.17) is 11.6 Å². The molecule has 7 heteroatoms. The monoisotopic (exact) mass is 346 g/mol. The number of hydrogen-bond donors (Lipinski definition) is 0. The van der Waals surface area contributed by atoms with Gasteiger partial charge in [0.05, 0.1) is 0 Å². The van der Waals surface area contributed by atoms with E-state index in [9.17, 15) is 9.59 Å². The molecule has 3 aromatic rings. The van der Waals surface area contributed by atoms with E-state index in [0.29, 0.717) is 23.2 Å². The third-order valence-corrected chi connectivity index (χ3v) is 4.41. The summed E-state index contributed by atoms with van der Waals surface area (Å²) < 4.78 is 4.12. The van der Waals surface area contributed by atoms with Crippen LogP contribution in [0.3, 0.4) is 0 Å². The van der Waals surface area contributed by atoms with Crippen LogP contribution in [0.15, 0.2) is 40.2 Å². The van der Waals surface area contributed by atoms with Crippen LogP contribution < -0.4 is 11.2 Å². The molecule has 24 heavy (non-hydrogen) atoms. The number of aryl methyl sites for hydroxylation is 2. The summed E-state index contributed by atoms with van der Waals surface area (Å²) in [7, 11) is 0. The second kappa shape index (κ2) is 6.28. The van der Waals surface area contributed by atoms with Gasteiger partial charge >= 0.3 is 11.2 Å². The van der Waals surface area contributed by atoms with Crippen molar-refractivity contribution in [2.45, 2.75) is 33.7 Å². The topological polar surface area (TPSA) is 61.3 Å².